The van der Waals surface area contributed by atoms with E-state index in [4.69, 9.17) is 4.74 Å². The summed E-state index contributed by atoms with van der Waals surface area (Å²) in [4.78, 5) is 2.66. The molecule has 27 heavy (non-hydrogen) atoms. The first-order valence-corrected chi connectivity index (χ1v) is 9.95. The summed E-state index contributed by atoms with van der Waals surface area (Å²) in [7, 11) is 0. The van der Waals surface area contributed by atoms with Crippen LogP contribution in [0.3, 0.4) is 0 Å². The number of hydrogen-bond donors (Lipinski definition) is 0. The van der Waals surface area contributed by atoms with Crippen molar-refractivity contribution in [2.45, 2.75) is 51.2 Å². The third kappa shape index (κ3) is 3.30. The summed E-state index contributed by atoms with van der Waals surface area (Å²) in [6.45, 7) is 4.36. The minimum absolute atomic E-state index is 0.336. The first kappa shape index (κ1) is 16.7. The molecule has 2 fully saturated rings. The fourth-order valence-corrected chi connectivity index (χ4v) is 4.17. The zero-order valence-electron chi connectivity index (χ0n) is 15.7. The van der Waals surface area contributed by atoms with Crippen LogP contribution in [0.2, 0.25) is 0 Å². The molecule has 1 saturated heterocycles. The number of likely N-dealkylation sites (tertiary alicyclic amines) is 1. The van der Waals surface area contributed by atoms with E-state index in [1.807, 2.05) is 13.0 Å². The highest BCUT2D eigenvalue weighted by atomic mass is 16.5. The Morgan fingerprint density at radius 2 is 1.81 bits per heavy atom. The lowest BCUT2D eigenvalue weighted by molar-refractivity contribution is 0.0493. The molecule has 6 nitrogen and oxygen atoms in total. The van der Waals surface area contributed by atoms with Crippen LogP contribution in [0.25, 0.3) is 16.8 Å². The maximum Gasteiger partial charge on any atom is 0.178 e. The molecule has 0 atom stereocenters. The molecule has 1 aromatic carbocycles. The Morgan fingerprint density at radius 3 is 2.52 bits per heavy atom. The summed E-state index contributed by atoms with van der Waals surface area (Å²) in [5, 5.41) is 12.5. The van der Waals surface area contributed by atoms with Gasteiger partial charge in [-0.25, -0.2) is 4.52 Å². The van der Waals surface area contributed by atoms with Gasteiger partial charge in [0, 0.05) is 24.7 Å². The van der Waals surface area contributed by atoms with E-state index >= 15 is 0 Å². The molecule has 1 aliphatic carbocycles. The zero-order valence-corrected chi connectivity index (χ0v) is 15.7. The van der Waals surface area contributed by atoms with E-state index in [2.05, 4.69) is 44.5 Å². The second-order valence-corrected chi connectivity index (χ2v) is 7.74. The molecule has 1 saturated carbocycles. The second-order valence-electron chi connectivity index (χ2n) is 7.74. The maximum atomic E-state index is 6.25. The van der Waals surface area contributed by atoms with Crippen LogP contribution >= 0.6 is 0 Å². The Bertz CT molecular complexity index is 923. The summed E-state index contributed by atoms with van der Waals surface area (Å²) in [6, 6.07) is 11.2. The lowest BCUT2D eigenvalue weighted by Crippen LogP contribution is -2.46. The van der Waals surface area contributed by atoms with Crippen molar-refractivity contribution in [3.63, 3.8) is 0 Å². The van der Waals surface area contributed by atoms with Crippen molar-refractivity contribution in [2.24, 2.45) is 0 Å². The molecular weight excluding hydrogens is 338 g/mol. The number of aryl methyl sites for hydroxylation is 1. The van der Waals surface area contributed by atoms with Gasteiger partial charge < -0.3 is 9.64 Å². The van der Waals surface area contributed by atoms with Crippen molar-refractivity contribution in [3.8, 4) is 16.9 Å². The van der Waals surface area contributed by atoms with Crippen molar-refractivity contribution < 1.29 is 4.74 Å². The predicted octanol–water partition coefficient (Wildman–Crippen LogP) is 3.50. The molecule has 3 heterocycles. The van der Waals surface area contributed by atoms with Crippen LogP contribution in [0.5, 0.6) is 5.75 Å². The number of rotatable bonds is 4. The lowest BCUT2D eigenvalue weighted by Gasteiger charge is -2.41. The normalized spacial score (nSPS) is 19.3. The Labute approximate surface area is 159 Å². The van der Waals surface area contributed by atoms with E-state index in [0.29, 0.717) is 6.10 Å². The van der Waals surface area contributed by atoms with E-state index in [1.165, 1.54) is 32.4 Å². The number of ether oxygens (including phenoxy) is 1. The Kier molecular flexibility index (Phi) is 4.28. The summed E-state index contributed by atoms with van der Waals surface area (Å²) in [5.41, 5.74) is 3.92. The van der Waals surface area contributed by atoms with Gasteiger partial charge >= 0.3 is 0 Å². The van der Waals surface area contributed by atoms with Gasteiger partial charge in [-0.1, -0.05) is 18.6 Å². The molecule has 6 heteroatoms. The molecule has 2 aromatic heterocycles. The fraction of sp³-hybridized carbons (Fsp3) is 0.476. The van der Waals surface area contributed by atoms with Crippen molar-refractivity contribution in [2.75, 3.05) is 13.1 Å². The highest BCUT2D eigenvalue weighted by Gasteiger charge is 2.29. The predicted molar refractivity (Wildman–Crippen MR) is 104 cm³/mol. The number of aromatic nitrogens is 4. The first-order valence-electron chi connectivity index (χ1n) is 9.95. The molecule has 140 valence electrons. The number of nitrogens with zero attached hydrogens (tertiary/aromatic N) is 5. The fourth-order valence-electron chi connectivity index (χ4n) is 4.17. The van der Waals surface area contributed by atoms with Gasteiger partial charge in [0.2, 0.25) is 0 Å². The van der Waals surface area contributed by atoms with E-state index in [9.17, 15) is 0 Å². The molecule has 5 rings (SSSR count). The van der Waals surface area contributed by atoms with Crippen molar-refractivity contribution in [1.29, 1.82) is 0 Å². The van der Waals surface area contributed by atoms with Crippen molar-refractivity contribution in [1.82, 2.24) is 24.7 Å². The van der Waals surface area contributed by atoms with E-state index in [0.717, 1.165) is 47.1 Å². The molecule has 0 N–H and O–H groups in total. The number of hydrogen-bond acceptors (Lipinski definition) is 5. The van der Waals surface area contributed by atoms with Gasteiger partial charge in [-0.3, -0.25) is 0 Å². The third-order valence-corrected chi connectivity index (χ3v) is 6.01. The number of benzene rings is 1. The quantitative estimate of drug-likeness (QED) is 0.710. The van der Waals surface area contributed by atoms with Crippen LogP contribution < -0.4 is 4.74 Å². The van der Waals surface area contributed by atoms with Gasteiger partial charge in [0.15, 0.2) is 5.65 Å². The van der Waals surface area contributed by atoms with Gasteiger partial charge in [0.05, 0.1) is 5.69 Å². The van der Waals surface area contributed by atoms with Gasteiger partial charge in [-0.15, -0.1) is 10.2 Å². The SMILES string of the molecule is Cc1nn2cnnc2cc1-c1ccc(OC2CCN(C3CCC3)CC2)cc1. The van der Waals surface area contributed by atoms with Crippen LogP contribution in [-0.4, -0.2) is 49.9 Å². The molecule has 1 aliphatic heterocycles. The molecule has 0 radical (unpaired) electrons. The maximum absolute atomic E-state index is 6.25. The average molecular weight is 363 g/mol. The summed E-state index contributed by atoms with van der Waals surface area (Å²) in [5.74, 6) is 0.954. The molecule has 0 bridgehead atoms. The van der Waals surface area contributed by atoms with Gasteiger partial charge in [-0.2, -0.15) is 5.10 Å². The molecule has 0 spiro atoms. The molecule has 0 unspecified atom stereocenters. The zero-order chi connectivity index (χ0) is 18.2. The number of fused-ring (bicyclic) bond motifs is 1. The van der Waals surface area contributed by atoms with Gasteiger partial charge in [0.1, 0.15) is 18.2 Å². The number of piperidine rings is 1. The van der Waals surface area contributed by atoms with Crippen molar-refractivity contribution >= 4 is 5.65 Å². The van der Waals surface area contributed by atoms with E-state index in [1.54, 1.807) is 10.8 Å². The molecule has 3 aromatic rings. The molecule has 2 aliphatic rings. The van der Waals surface area contributed by atoms with E-state index < -0.39 is 0 Å². The summed E-state index contributed by atoms with van der Waals surface area (Å²) < 4.78 is 7.95. The molecule has 0 amide bonds. The standard InChI is InChI=1S/C21H25N5O/c1-15-20(13-21-23-22-14-26(21)24-15)16-5-7-18(8-6-16)27-19-9-11-25(12-10-19)17-3-2-4-17/h5-8,13-14,17,19H,2-4,9-12H2,1H3. The minimum Gasteiger partial charge on any atom is -0.490 e. The second kappa shape index (κ2) is 6.93. The third-order valence-electron chi connectivity index (χ3n) is 6.01. The Balaban J connectivity index is 1.25. The van der Waals surface area contributed by atoms with Gasteiger partial charge in [0.25, 0.3) is 0 Å². The topological polar surface area (TPSA) is 55.6 Å². The smallest absolute Gasteiger partial charge is 0.178 e. The van der Waals surface area contributed by atoms with E-state index in [-0.39, 0.29) is 0 Å². The highest BCUT2D eigenvalue weighted by Crippen LogP contribution is 2.29. The monoisotopic (exact) mass is 363 g/mol. The van der Waals surface area contributed by atoms with Crippen LogP contribution in [0, 0.1) is 6.92 Å². The average Bonchev–Trinajstić information content (AvgIpc) is 3.09. The minimum atomic E-state index is 0.336. The Morgan fingerprint density at radius 1 is 1.04 bits per heavy atom. The van der Waals surface area contributed by atoms with Crippen molar-refractivity contribution in [3.05, 3.63) is 42.4 Å². The van der Waals surface area contributed by atoms with Gasteiger partial charge in [-0.05, 0) is 56.4 Å². The van der Waals surface area contributed by atoms with Crippen LogP contribution in [0.4, 0.5) is 0 Å². The Hall–Kier alpha value is -2.47. The van der Waals surface area contributed by atoms with Crippen LogP contribution in [0.1, 0.15) is 37.8 Å². The van der Waals surface area contributed by atoms with Crippen LogP contribution in [-0.2, 0) is 0 Å². The molecular formula is C21H25N5O. The highest BCUT2D eigenvalue weighted by molar-refractivity contribution is 5.69. The summed E-state index contributed by atoms with van der Waals surface area (Å²) in [6.07, 6.45) is 8.41. The largest absolute Gasteiger partial charge is 0.490 e. The first-order chi connectivity index (χ1) is 13.3. The van der Waals surface area contributed by atoms with Crippen LogP contribution in [0.15, 0.2) is 36.7 Å². The lowest BCUT2D eigenvalue weighted by atomic mass is 9.90. The summed E-state index contributed by atoms with van der Waals surface area (Å²) >= 11 is 0.